The molecular weight excluding hydrogens is 448 g/mol. The Morgan fingerprint density at radius 3 is 2.32 bits per heavy atom. The van der Waals surface area contributed by atoms with E-state index in [-0.39, 0.29) is 18.4 Å². The summed E-state index contributed by atoms with van der Waals surface area (Å²) in [5, 5.41) is 9.90. The molecule has 1 aliphatic carbocycles. The number of carboxylic acid groups (broad SMARTS) is 1. The quantitative estimate of drug-likeness (QED) is 0.630. The second kappa shape index (κ2) is 10.9. The van der Waals surface area contributed by atoms with Crippen LogP contribution in [0.15, 0.2) is 72.0 Å². The minimum Gasteiger partial charge on any atom is -1.00 e. The third kappa shape index (κ3) is 4.63. The summed E-state index contributed by atoms with van der Waals surface area (Å²) in [6.45, 7) is 12.3. The van der Waals surface area contributed by atoms with Gasteiger partial charge in [0.15, 0.2) is 0 Å². The number of halogens is 1. The predicted octanol–water partition coefficient (Wildman–Crippen LogP) is 2.59. The molecule has 5 nitrogen and oxygen atoms in total. The smallest absolute Gasteiger partial charge is 0.336 e. The Hall–Kier alpha value is -3.02. The number of fused-ring (bicyclic) bond motifs is 2. The number of anilines is 1. The number of carbonyl (C=O) groups is 1. The maximum Gasteiger partial charge on any atom is 0.336 e. The molecule has 180 valence electrons. The number of carboxylic acids is 1. The number of likely N-dealkylation sites (N-methyl/N-ethyl adjacent to an activating group) is 1. The van der Waals surface area contributed by atoms with Crippen LogP contribution < -0.4 is 22.0 Å². The monoisotopic (exact) mass is 479 g/mol. The molecule has 0 spiro atoms. The topological polar surface area (TPSA) is 53.0 Å². The number of hydrogen-bond acceptors (Lipinski definition) is 4. The summed E-state index contributed by atoms with van der Waals surface area (Å²) < 4.78 is 6.49. The average molecular weight is 480 g/mol. The van der Waals surface area contributed by atoms with Gasteiger partial charge in [-0.2, -0.15) is 0 Å². The van der Waals surface area contributed by atoms with Crippen LogP contribution in [0.25, 0.3) is 5.57 Å². The molecule has 0 radical (unpaired) electrons. The Kier molecular flexibility index (Phi) is 8.24. The summed E-state index contributed by atoms with van der Waals surface area (Å²) >= 11 is 0. The third-order valence-corrected chi connectivity index (χ3v) is 6.56. The van der Waals surface area contributed by atoms with Gasteiger partial charge in [0.25, 0.3) is 0 Å². The molecule has 0 saturated carbocycles. The van der Waals surface area contributed by atoms with Crippen LogP contribution in [0, 0.1) is 0 Å². The molecule has 0 saturated heterocycles. The van der Waals surface area contributed by atoms with Gasteiger partial charge in [0, 0.05) is 41.6 Å². The molecule has 1 unspecified atom stereocenters. The van der Waals surface area contributed by atoms with Gasteiger partial charge >= 0.3 is 5.97 Å². The molecule has 34 heavy (non-hydrogen) atoms. The number of rotatable bonds is 8. The van der Waals surface area contributed by atoms with Crippen molar-refractivity contribution in [2.24, 2.45) is 0 Å². The standard InChI is InChI=1S/C28H32N2O3.ClH/c1-5-29(6-2)19-13-15-23-25(17-19)33-26-18-20(30(7-3)8-4)14-16-24(26)27(23)21-11-9-10-12-22(21)28(31)32;/h9-19H,5-8H2,1-4H3,(H,31,32);1H/p-1. The van der Waals surface area contributed by atoms with Crippen molar-refractivity contribution in [3.63, 3.8) is 0 Å². The molecule has 0 fully saturated rings. The second-order valence-corrected chi connectivity index (χ2v) is 8.20. The molecule has 0 aromatic heterocycles. The molecule has 0 amide bonds. The molecule has 2 aromatic carbocycles. The van der Waals surface area contributed by atoms with Crippen LogP contribution in [-0.2, 0) is 0 Å². The lowest BCUT2D eigenvalue weighted by atomic mass is 9.85. The minimum absolute atomic E-state index is 0. The van der Waals surface area contributed by atoms with E-state index < -0.39 is 5.97 Å². The third-order valence-electron chi connectivity index (χ3n) is 6.56. The second-order valence-electron chi connectivity index (χ2n) is 8.20. The van der Waals surface area contributed by atoms with Gasteiger partial charge in [-0.15, -0.1) is 0 Å². The van der Waals surface area contributed by atoms with E-state index in [9.17, 15) is 9.90 Å². The molecule has 4 rings (SSSR count). The SMILES string of the molecule is CCN(CC)c1ccc2c(c1)OC1=CC(N(CC)CC)C=CC1=C2c1ccccc1C(=O)O.[Cl-]. The lowest BCUT2D eigenvalue weighted by Crippen LogP contribution is -3.00. The van der Waals surface area contributed by atoms with Crippen molar-refractivity contribution < 1.29 is 27.0 Å². The van der Waals surface area contributed by atoms with Gasteiger partial charge in [-0.3, -0.25) is 4.90 Å². The van der Waals surface area contributed by atoms with Crippen molar-refractivity contribution in [1.29, 1.82) is 0 Å². The molecule has 0 bridgehead atoms. The zero-order chi connectivity index (χ0) is 23.5. The molecule has 1 atom stereocenters. The van der Waals surface area contributed by atoms with Crippen LogP contribution in [-0.4, -0.2) is 48.2 Å². The highest BCUT2D eigenvalue weighted by molar-refractivity contribution is 6.00. The van der Waals surface area contributed by atoms with E-state index in [1.807, 2.05) is 12.1 Å². The Morgan fingerprint density at radius 1 is 0.971 bits per heavy atom. The van der Waals surface area contributed by atoms with Crippen LogP contribution in [0.2, 0.25) is 0 Å². The van der Waals surface area contributed by atoms with Crippen LogP contribution in [0.4, 0.5) is 5.69 Å². The van der Waals surface area contributed by atoms with Gasteiger partial charge in [0.1, 0.15) is 11.5 Å². The maximum absolute atomic E-state index is 12.1. The highest BCUT2D eigenvalue weighted by atomic mass is 35.5. The zero-order valence-electron chi connectivity index (χ0n) is 20.2. The van der Waals surface area contributed by atoms with Crippen LogP contribution in [0.5, 0.6) is 5.75 Å². The molecule has 6 heteroatoms. The first-order chi connectivity index (χ1) is 16.0. The van der Waals surface area contributed by atoms with E-state index in [4.69, 9.17) is 4.74 Å². The maximum atomic E-state index is 12.1. The fourth-order valence-corrected chi connectivity index (χ4v) is 4.77. The first-order valence-electron chi connectivity index (χ1n) is 11.8. The fourth-order valence-electron chi connectivity index (χ4n) is 4.77. The lowest BCUT2D eigenvalue weighted by molar-refractivity contribution is -0.0000227. The lowest BCUT2D eigenvalue weighted by Gasteiger charge is -2.33. The van der Waals surface area contributed by atoms with Crippen molar-refractivity contribution in [1.82, 2.24) is 4.90 Å². The van der Waals surface area contributed by atoms with E-state index in [1.54, 1.807) is 12.1 Å². The van der Waals surface area contributed by atoms with Gasteiger partial charge in [0.2, 0.25) is 0 Å². The van der Waals surface area contributed by atoms with Crippen LogP contribution in [0.3, 0.4) is 0 Å². The zero-order valence-corrected chi connectivity index (χ0v) is 21.0. The molecule has 2 aromatic rings. The summed E-state index contributed by atoms with van der Waals surface area (Å²) in [4.78, 5) is 16.7. The number of allylic oxidation sites excluding steroid dienone is 1. The molecule has 1 aliphatic heterocycles. The summed E-state index contributed by atoms with van der Waals surface area (Å²) in [5.74, 6) is 0.616. The van der Waals surface area contributed by atoms with Gasteiger partial charge in [-0.25, -0.2) is 4.79 Å². The summed E-state index contributed by atoms with van der Waals surface area (Å²) in [6, 6.07) is 13.6. The first kappa shape index (κ1) is 25.6. The van der Waals surface area contributed by atoms with Crippen molar-refractivity contribution in [2.75, 3.05) is 31.1 Å². The van der Waals surface area contributed by atoms with Gasteiger partial charge in [-0.05, 0) is 56.8 Å². The number of aromatic carboxylic acids is 1. The van der Waals surface area contributed by atoms with E-state index in [1.165, 1.54) is 0 Å². The van der Waals surface area contributed by atoms with E-state index in [2.05, 4.69) is 73.9 Å². The van der Waals surface area contributed by atoms with Crippen molar-refractivity contribution in [3.05, 3.63) is 88.7 Å². The minimum atomic E-state index is -0.933. The Morgan fingerprint density at radius 2 is 1.68 bits per heavy atom. The first-order valence-corrected chi connectivity index (χ1v) is 11.8. The largest absolute Gasteiger partial charge is 1.00 e. The average Bonchev–Trinajstić information content (AvgIpc) is 2.84. The number of hydrogen-bond donors (Lipinski definition) is 1. The number of nitrogens with zero attached hydrogens (tertiary/aromatic N) is 2. The normalized spacial score (nSPS) is 16.3. The number of ether oxygens (including phenoxy) is 1. The molecule has 1 heterocycles. The number of benzene rings is 2. The van der Waals surface area contributed by atoms with E-state index in [0.29, 0.717) is 11.1 Å². The molecule has 2 aliphatic rings. The van der Waals surface area contributed by atoms with Gasteiger partial charge < -0.3 is 27.2 Å². The van der Waals surface area contributed by atoms with E-state index in [0.717, 1.165) is 60.1 Å². The summed E-state index contributed by atoms with van der Waals surface area (Å²) in [7, 11) is 0. The van der Waals surface area contributed by atoms with Crippen LogP contribution >= 0.6 is 0 Å². The van der Waals surface area contributed by atoms with E-state index >= 15 is 0 Å². The van der Waals surface area contributed by atoms with Crippen molar-refractivity contribution in [2.45, 2.75) is 33.7 Å². The van der Waals surface area contributed by atoms with Crippen molar-refractivity contribution in [3.8, 4) is 5.75 Å². The predicted molar refractivity (Wildman–Crippen MR) is 134 cm³/mol. The fraction of sp³-hybridized carbons (Fsp3) is 0.321. The molecular formula is C28H32ClN2O3-. The van der Waals surface area contributed by atoms with Gasteiger partial charge in [-0.1, -0.05) is 44.2 Å². The van der Waals surface area contributed by atoms with Crippen LogP contribution in [0.1, 0.15) is 49.2 Å². The summed E-state index contributed by atoms with van der Waals surface area (Å²) in [5.41, 5.74) is 4.84. The van der Waals surface area contributed by atoms with Crippen molar-refractivity contribution >= 4 is 17.2 Å². The van der Waals surface area contributed by atoms with Gasteiger partial charge in [0.05, 0.1) is 11.6 Å². The Bertz CT molecular complexity index is 1140. The highest BCUT2D eigenvalue weighted by Gasteiger charge is 2.30. The highest BCUT2D eigenvalue weighted by Crippen LogP contribution is 2.45. The molecule has 1 N–H and O–H groups in total. The summed E-state index contributed by atoms with van der Waals surface area (Å²) in [6.07, 6.45) is 6.42. The Balaban J connectivity index is 0.00000324. The Labute approximate surface area is 208 Å².